The van der Waals surface area contributed by atoms with E-state index in [-0.39, 0.29) is 0 Å². The molecule has 2 heterocycles. The predicted octanol–water partition coefficient (Wildman–Crippen LogP) is 9.85. The Bertz CT molecular complexity index is 2100. The summed E-state index contributed by atoms with van der Waals surface area (Å²) in [6, 6.07) is 30.0. The van der Waals surface area contributed by atoms with Crippen molar-refractivity contribution in [3.8, 4) is 22.4 Å². The highest BCUT2D eigenvalue weighted by Gasteiger charge is 2.22. The Balaban J connectivity index is 1.37. The molecule has 0 radical (unpaired) electrons. The summed E-state index contributed by atoms with van der Waals surface area (Å²) in [5.41, 5.74) is 9.48. The SMILES string of the molecule is Cc1cc(-c2ccccc2-c2cnc3c4ccccc4c4ccccc4c3n2)cc2c3c(oc12)C(C)CC=C3. The molecule has 186 valence electrons. The summed E-state index contributed by atoms with van der Waals surface area (Å²) in [7, 11) is 0. The Labute approximate surface area is 226 Å². The zero-order valence-electron chi connectivity index (χ0n) is 21.9. The second kappa shape index (κ2) is 8.37. The van der Waals surface area contributed by atoms with Crippen LogP contribution < -0.4 is 0 Å². The smallest absolute Gasteiger partial charge is 0.137 e. The molecule has 1 aliphatic rings. The highest BCUT2D eigenvalue weighted by Crippen LogP contribution is 2.42. The van der Waals surface area contributed by atoms with Gasteiger partial charge in [0.25, 0.3) is 0 Å². The van der Waals surface area contributed by atoms with Gasteiger partial charge in [0.1, 0.15) is 11.3 Å². The Kier molecular flexibility index (Phi) is 4.78. The van der Waals surface area contributed by atoms with Crippen LogP contribution in [0.4, 0.5) is 0 Å². The van der Waals surface area contributed by atoms with Crippen LogP contribution in [0.15, 0.2) is 102 Å². The number of nitrogens with zero attached hydrogens (tertiary/aromatic N) is 2. The lowest BCUT2D eigenvalue weighted by atomic mass is 9.91. The zero-order chi connectivity index (χ0) is 26.1. The number of hydrogen-bond donors (Lipinski definition) is 0. The van der Waals surface area contributed by atoms with Gasteiger partial charge in [-0.25, -0.2) is 4.98 Å². The van der Waals surface area contributed by atoms with E-state index >= 15 is 0 Å². The van der Waals surface area contributed by atoms with Crippen molar-refractivity contribution in [1.82, 2.24) is 9.97 Å². The molecule has 0 amide bonds. The Morgan fingerprint density at radius 1 is 0.744 bits per heavy atom. The van der Waals surface area contributed by atoms with Gasteiger partial charge in [-0.05, 0) is 52.9 Å². The number of allylic oxidation sites excluding steroid dienone is 1. The molecule has 3 heteroatoms. The third-order valence-electron chi connectivity index (χ3n) is 8.21. The lowest BCUT2D eigenvalue weighted by Crippen LogP contribution is -1.95. The van der Waals surface area contributed by atoms with E-state index in [0.717, 1.165) is 67.5 Å². The van der Waals surface area contributed by atoms with E-state index in [9.17, 15) is 0 Å². The van der Waals surface area contributed by atoms with E-state index in [2.05, 4.69) is 111 Å². The van der Waals surface area contributed by atoms with Crippen LogP contribution >= 0.6 is 0 Å². The van der Waals surface area contributed by atoms with Crippen LogP contribution in [0.25, 0.3) is 72.0 Å². The fourth-order valence-corrected chi connectivity index (χ4v) is 6.31. The molecule has 0 bridgehead atoms. The van der Waals surface area contributed by atoms with Crippen molar-refractivity contribution in [3.63, 3.8) is 0 Å². The molecule has 3 nitrogen and oxygen atoms in total. The third kappa shape index (κ3) is 3.29. The van der Waals surface area contributed by atoms with E-state index < -0.39 is 0 Å². The lowest BCUT2D eigenvalue weighted by molar-refractivity contribution is 0.502. The van der Waals surface area contributed by atoms with Crippen molar-refractivity contribution in [2.45, 2.75) is 26.2 Å². The molecule has 39 heavy (non-hydrogen) atoms. The first-order valence-electron chi connectivity index (χ1n) is 13.6. The molecule has 1 atom stereocenters. The van der Waals surface area contributed by atoms with Crippen LogP contribution in [0.2, 0.25) is 0 Å². The maximum absolute atomic E-state index is 6.39. The molecule has 7 aromatic rings. The van der Waals surface area contributed by atoms with Gasteiger partial charge in [-0.3, -0.25) is 4.98 Å². The fraction of sp³-hybridized carbons (Fsp3) is 0.111. The van der Waals surface area contributed by atoms with Crippen molar-refractivity contribution < 1.29 is 4.42 Å². The molecule has 1 aliphatic carbocycles. The molecule has 0 spiro atoms. The molecule has 5 aromatic carbocycles. The van der Waals surface area contributed by atoms with Crippen molar-refractivity contribution in [2.24, 2.45) is 0 Å². The fourth-order valence-electron chi connectivity index (χ4n) is 6.31. The van der Waals surface area contributed by atoms with E-state index in [1.165, 1.54) is 21.7 Å². The summed E-state index contributed by atoms with van der Waals surface area (Å²) >= 11 is 0. The summed E-state index contributed by atoms with van der Waals surface area (Å²) < 4.78 is 6.39. The van der Waals surface area contributed by atoms with E-state index in [0.29, 0.717) is 5.92 Å². The summed E-state index contributed by atoms with van der Waals surface area (Å²) in [6.07, 6.45) is 7.43. The van der Waals surface area contributed by atoms with Crippen LogP contribution in [-0.2, 0) is 0 Å². The maximum Gasteiger partial charge on any atom is 0.137 e. The van der Waals surface area contributed by atoms with Crippen molar-refractivity contribution >= 4 is 49.6 Å². The minimum Gasteiger partial charge on any atom is -0.460 e. The Morgan fingerprint density at radius 3 is 2.18 bits per heavy atom. The largest absolute Gasteiger partial charge is 0.460 e. The van der Waals surface area contributed by atoms with Gasteiger partial charge in [0.2, 0.25) is 0 Å². The minimum absolute atomic E-state index is 0.395. The van der Waals surface area contributed by atoms with Gasteiger partial charge in [-0.15, -0.1) is 0 Å². The number of hydrogen-bond acceptors (Lipinski definition) is 3. The maximum atomic E-state index is 6.39. The summed E-state index contributed by atoms with van der Waals surface area (Å²) in [6.45, 7) is 4.38. The first-order chi connectivity index (χ1) is 19.2. The van der Waals surface area contributed by atoms with Crippen molar-refractivity contribution in [1.29, 1.82) is 0 Å². The van der Waals surface area contributed by atoms with Gasteiger partial charge in [-0.2, -0.15) is 0 Å². The quantitative estimate of drug-likeness (QED) is 0.221. The van der Waals surface area contributed by atoms with Crippen LogP contribution in [0.1, 0.15) is 36.1 Å². The molecule has 0 aliphatic heterocycles. The van der Waals surface area contributed by atoms with Crippen LogP contribution in [0.5, 0.6) is 0 Å². The highest BCUT2D eigenvalue weighted by molar-refractivity contribution is 6.23. The van der Waals surface area contributed by atoms with Crippen LogP contribution in [0.3, 0.4) is 0 Å². The summed E-state index contributed by atoms with van der Waals surface area (Å²) in [5.74, 6) is 1.49. The van der Waals surface area contributed by atoms with Crippen LogP contribution in [-0.4, -0.2) is 9.97 Å². The second-order valence-corrected chi connectivity index (χ2v) is 10.7. The lowest BCUT2D eigenvalue weighted by Gasteiger charge is -2.13. The summed E-state index contributed by atoms with van der Waals surface area (Å²) in [5, 5.41) is 5.85. The zero-order valence-corrected chi connectivity index (χ0v) is 21.9. The second-order valence-electron chi connectivity index (χ2n) is 10.7. The average Bonchev–Trinajstić information content (AvgIpc) is 3.38. The topological polar surface area (TPSA) is 38.9 Å². The first-order valence-corrected chi connectivity index (χ1v) is 13.6. The normalized spacial score (nSPS) is 15.0. The van der Waals surface area contributed by atoms with Gasteiger partial charge >= 0.3 is 0 Å². The van der Waals surface area contributed by atoms with Gasteiger partial charge in [0, 0.05) is 33.2 Å². The van der Waals surface area contributed by atoms with E-state index in [4.69, 9.17) is 14.4 Å². The number of fused-ring (bicyclic) bond motifs is 9. The van der Waals surface area contributed by atoms with Gasteiger partial charge in [0.05, 0.1) is 22.9 Å². The molecule has 1 unspecified atom stereocenters. The number of aryl methyl sites for hydroxylation is 1. The molecule has 0 saturated heterocycles. The highest BCUT2D eigenvalue weighted by atomic mass is 16.3. The van der Waals surface area contributed by atoms with E-state index in [1.54, 1.807) is 0 Å². The van der Waals surface area contributed by atoms with Gasteiger partial charge < -0.3 is 4.42 Å². The predicted molar refractivity (Wildman–Crippen MR) is 162 cm³/mol. The van der Waals surface area contributed by atoms with Crippen LogP contribution in [0, 0.1) is 6.92 Å². The van der Waals surface area contributed by atoms with Gasteiger partial charge in [-0.1, -0.05) is 91.9 Å². The minimum atomic E-state index is 0.395. The average molecular weight is 503 g/mol. The number of aromatic nitrogens is 2. The standard InChI is InChI=1S/C36H26N2O/c1-21-10-9-17-30-31-19-23(18-22(2)36(31)39-35(21)30)24-11-3-6-14-27(24)32-20-37-33-28-15-7-4-12-25(28)26-13-5-8-16-29(26)34(33)38-32/h3-9,11-21H,10H2,1-2H3. The molecule has 0 fully saturated rings. The number of rotatable bonds is 2. The van der Waals surface area contributed by atoms with Crippen molar-refractivity contribution in [3.05, 3.63) is 114 Å². The van der Waals surface area contributed by atoms with E-state index in [1.807, 2.05) is 6.20 Å². The number of benzene rings is 5. The third-order valence-corrected chi connectivity index (χ3v) is 8.21. The van der Waals surface area contributed by atoms with Crippen molar-refractivity contribution in [2.75, 3.05) is 0 Å². The monoisotopic (exact) mass is 502 g/mol. The number of furan rings is 1. The molecule has 2 aromatic heterocycles. The molecule has 0 N–H and O–H groups in total. The Hall–Kier alpha value is -4.76. The molecule has 8 rings (SSSR count). The summed E-state index contributed by atoms with van der Waals surface area (Å²) in [4.78, 5) is 10.3. The first kappa shape index (κ1) is 22.2. The Morgan fingerprint density at radius 2 is 1.41 bits per heavy atom. The molecule has 0 saturated carbocycles. The molecular formula is C36H26N2O. The molecular weight excluding hydrogens is 476 g/mol. The van der Waals surface area contributed by atoms with Gasteiger partial charge in [0.15, 0.2) is 0 Å².